The van der Waals surface area contributed by atoms with Crippen molar-refractivity contribution in [2.75, 3.05) is 18.1 Å². The second kappa shape index (κ2) is 8.56. The highest BCUT2D eigenvalue weighted by molar-refractivity contribution is 5.98. The van der Waals surface area contributed by atoms with Crippen LogP contribution < -0.4 is 15.4 Å². The third kappa shape index (κ3) is 4.65. The molecule has 9 heteroatoms. The van der Waals surface area contributed by atoms with Crippen LogP contribution in [0.5, 0.6) is 5.75 Å². The Hall–Kier alpha value is -3.10. The van der Waals surface area contributed by atoms with Gasteiger partial charge in [0.1, 0.15) is 12.3 Å². The third-order valence-electron chi connectivity index (χ3n) is 5.83. The molecule has 1 amide bonds. The molecule has 0 aromatic carbocycles. The topological polar surface area (TPSA) is 98.4 Å². The molecule has 1 aliphatic heterocycles. The van der Waals surface area contributed by atoms with Gasteiger partial charge in [0.25, 0.3) is 5.91 Å². The predicted octanol–water partition coefficient (Wildman–Crippen LogP) is 3.89. The maximum Gasteiger partial charge on any atom is 0.267 e. The van der Waals surface area contributed by atoms with Gasteiger partial charge in [0, 0.05) is 30.5 Å². The molecule has 2 aromatic rings. The van der Waals surface area contributed by atoms with Gasteiger partial charge in [-0.3, -0.25) is 9.59 Å². The molecule has 1 unspecified atom stereocenters. The minimum absolute atomic E-state index is 0.104. The van der Waals surface area contributed by atoms with Gasteiger partial charge in [-0.1, -0.05) is 6.42 Å². The molecule has 164 valence electrons. The van der Waals surface area contributed by atoms with Crippen LogP contribution in [-0.2, 0) is 0 Å². The van der Waals surface area contributed by atoms with Crippen LogP contribution in [0.1, 0.15) is 59.4 Å². The number of carbonyl (C=O) groups is 2. The number of carbonyl (C=O) groups excluding carboxylic acids is 2. The summed E-state index contributed by atoms with van der Waals surface area (Å²) >= 11 is 0. The summed E-state index contributed by atoms with van der Waals surface area (Å²) in [6, 6.07) is 4.89. The Morgan fingerprint density at radius 2 is 1.97 bits per heavy atom. The van der Waals surface area contributed by atoms with Crippen molar-refractivity contribution in [2.24, 2.45) is 11.7 Å². The van der Waals surface area contributed by atoms with Crippen LogP contribution in [0.25, 0.3) is 0 Å². The first-order valence-corrected chi connectivity index (χ1v) is 10.4. The van der Waals surface area contributed by atoms with Crippen LogP contribution in [0.2, 0.25) is 0 Å². The lowest BCUT2D eigenvalue weighted by Crippen LogP contribution is -2.30. The van der Waals surface area contributed by atoms with Crippen molar-refractivity contribution in [3.8, 4) is 5.75 Å². The number of alkyl halides is 2. The number of rotatable bonds is 4. The van der Waals surface area contributed by atoms with Crippen LogP contribution in [0, 0.1) is 5.92 Å². The number of primary amides is 1. The number of amides is 1. The summed E-state index contributed by atoms with van der Waals surface area (Å²) in [7, 11) is 0. The van der Waals surface area contributed by atoms with Crippen LogP contribution in [0.3, 0.4) is 0 Å². The molecule has 31 heavy (non-hydrogen) atoms. The SMILES string of the molecule is NC(=O)c1ccc(N2CCOc3cc(C(=O)C4CCCCC(F)(F)CC4)cnc32)cn1. The number of nitrogens with two attached hydrogens (primary N) is 1. The molecule has 1 saturated carbocycles. The maximum atomic E-state index is 13.8. The highest BCUT2D eigenvalue weighted by atomic mass is 19.3. The van der Waals surface area contributed by atoms with Gasteiger partial charge in [-0.05, 0) is 37.5 Å². The number of hydrogen-bond acceptors (Lipinski definition) is 6. The summed E-state index contributed by atoms with van der Waals surface area (Å²) in [6.45, 7) is 0.891. The van der Waals surface area contributed by atoms with Crippen molar-refractivity contribution in [3.05, 3.63) is 41.9 Å². The summed E-state index contributed by atoms with van der Waals surface area (Å²) < 4.78 is 33.3. The Bertz CT molecular complexity index is 981. The van der Waals surface area contributed by atoms with E-state index in [0.29, 0.717) is 55.2 Å². The highest BCUT2D eigenvalue weighted by Gasteiger charge is 2.34. The average molecular weight is 430 g/mol. The first kappa shape index (κ1) is 21.1. The average Bonchev–Trinajstić information content (AvgIpc) is 2.76. The molecule has 7 nitrogen and oxygen atoms in total. The van der Waals surface area contributed by atoms with Crippen molar-refractivity contribution < 1.29 is 23.1 Å². The number of anilines is 2. The largest absolute Gasteiger partial charge is 0.488 e. The first-order chi connectivity index (χ1) is 14.8. The van der Waals surface area contributed by atoms with Crippen LogP contribution >= 0.6 is 0 Å². The zero-order valence-corrected chi connectivity index (χ0v) is 17.0. The van der Waals surface area contributed by atoms with Gasteiger partial charge in [-0.2, -0.15) is 0 Å². The van der Waals surface area contributed by atoms with E-state index < -0.39 is 17.7 Å². The number of pyridine rings is 2. The van der Waals surface area contributed by atoms with Crippen LogP contribution in [0.4, 0.5) is 20.3 Å². The zero-order chi connectivity index (χ0) is 22.0. The Morgan fingerprint density at radius 3 is 2.71 bits per heavy atom. The highest BCUT2D eigenvalue weighted by Crippen LogP contribution is 2.37. The van der Waals surface area contributed by atoms with Crippen molar-refractivity contribution >= 4 is 23.2 Å². The van der Waals surface area contributed by atoms with E-state index in [4.69, 9.17) is 10.5 Å². The molecule has 0 spiro atoms. The Balaban J connectivity index is 1.55. The fourth-order valence-corrected chi connectivity index (χ4v) is 4.10. The van der Waals surface area contributed by atoms with Gasteiger partial charge >= 0.3 is 0 Å². The van der Waals surface area contributed by atoms with E-state index in [-0.39, 0.29) is 30.7 Å². The molecular formula is C22H24F2N4O3. The van der Waals surface area contributed by atoms with Crippen molar-refractivity contribution in [1.29, 1.82) is 0 Å². The monoisotopic (exact) mass is 430 g/mol. The number of hydrogen-bond donors (Lipinski definition) is 1. The van der Waals surface area contributed by atoms with Gasteiger partial charge < -0.3 is 15.4 Å². The first-order valence-electron chi connectivity index (χ1n) is 10.4. The quantitative estimate of drug-likeness (QED) is 0.739. The lowest BCUT2D eigenvalue weighted by molar-refractivity contribution is -0.0277. The second-order valence-electron chi connectivity index (χ2n) is 8.01. The molecule has 1 aliphatic carbocycles. The number of fused-ring (bicyclic) bond motifs is 1. The number of ether oxygens (including phenoxy) is 1. The Labute approximate surface area is 178 Å². The number of aromatic nitrogens is 2. The van der Waals surface area contributed by atoms with Gasteiger partial charge in [-0.15, -0.1) is 0 Å². The maximum absolute atomic E-state index is 13.8. The fourth-order valence-electron chi connectivity index (χ4n) is 4.10. The molecule has 0 bridgehead atoms. The van der Waals surface area contributed by atoms with Gasteiger partial charge in [0.05, 0.1) is 18.4 Å². The summed E-state index contributed by atoms with van der Waals surface area (Å²) in [5, 5.41) is 0. The summed E-state index contributed by atoms with van der Waals surface area (Å²) in [5.74, 6) is -2.93. The van der Waals surface area contributed by atoms with E-state index in [1.54, 1.807) is 12.1 Å². The second-order valence-corrected chi connectivity index (χ2v) is 8.01. The number of nitrogens with zero attached hydrogens (tertiary/aromatic N) is 3. The molecule has 0 saturated heterocycles. The predicted molar refractivity (Wildman–Crippen MR) is 110 cm³/mol. The van der Waals surface area contributed by atoms with Crippen molar-refractivity contribution in [1.82, 2.24) is 9.97 Å². The van der Waals surface area contributed by atoms with Gasteiger partial charge in [0.2, 0.25) is 5.92 Å². The summed E-state index contributed by atoms with van der Waals surface area (Å²) in [4.78, 5) is 34.6. The number of Topliss-reactive ketones (excluding diaryl/α,β-unsaturated/α-hetero) is 1. The van der Waals surface area contributed by atoms with E-state index in [2.05, 4.69) is 9.97 Å². The molecule has 2 aliphatic rings. The van der Waals surface area contributed by atoms with E-state index >= 15 is 0 Å². The standard InChI is InChI=1S/C22H24F2N4O3/c23-22(24)7-2-1-3-14(6-8-22)19(29)15-11-18-21(27-12-15)28(9-10-31-18)16-4-5-17(20(25)30)26-13-16/h4-5,11-14H,1-3,6-10H2,(H2,25,30). The molecule has 2 N–H and O–H groups in total. The van der Waals surface area contributed by atoms with E-state index in [1.165, 1.54) is 18.5 Å². The van der Waals surface area contributed by atoms with Crippen molar-refractivity contribution in [2.45, 2.75) is 44.4 Å². The zero-order valence-electron chi connectivity index (χ0n) is 17.0. The molecule has 3 heterocycles. The van der Waals surface area contributed by atoms with Crippen molar-refractivity contribution in [3.63, 3.8) is 0 Å². The van der Waals surface area contributed by atoms with Crippen LogP contribution in [-0.4, -0.2) is 40.7 Å². The smallest absolute Gasteiger partial charge is 0.267 e. The minimum atomic E-state index is -2.70. The van der Waals surface area contributed by atoms with Gasteiger partial charge in [0.15, 0.2) is 17.4 Å². The van der Waals surface area contributed by atoms with Crippen LogP contribution in [0.15, 0.2) is 30.6 Å². The Kier molecular flexibility index (Phi) is 5.84. The minimum Gasteiger partial charge on any atom is -0.488 e. The fraction of sp³-hybridized carbons (Fsp3) is 0.455. The molecular weight excluding hydrogens is 406 g/mol. The number of halogens is 2. The summed E-state index contributed by atoms with van der Waals surface area (Å²) in [6.07, 6.45) is 4.47. The van der Waals surface area contributed by atoms with E-state index in [9.17, 15) is 18.4 Å². The lowest BCUT2D eigenvalue weighted by Gasteiger charge is -2.30. The molecule has 1 atom stereocenters. The molecule has 4 rings (SSSR count). The number of ketones is 1. The summed E-state index contributed by atoms with van der Waals surface area (Å²) in [5.41, 5.74) is 6.48. The molecule has 1 fully saturated rings. The third-order valence-corrected chi connectivity index (χ3v) is 5.83. The van der Waals surface area contributed by atoms with Gasteiger partial charge in [-0.25, -0.2) is 18.7 Å². The lowest BCUT2D eigenvalue weighted by atomic mass is 9.85. The molecule has 0 radical (unpaired) electrons. The van der Waals surface area contributed by atoms with E-state index in [0.717, 1.165) is 0 Å². The van der Waals surface area contributed by atoms with E-state index in [1.807, 2.05) is 4.90 Å². The molecule has 2 aromatic heterocycles. The Morgan fingerprint density at radius 1 is 1.13 bits per heavy atom. The normalized spacial score (nSPS) is 20.7.